The van der Waals surface area contributed by atoms with E-state index < -0.39 is 0 Å². The molecular weight excluding hydrogens is 156 g/mol. The maximum absolute atomic E-state index is 2.27. The number of hydrogen-bond acceptors (Lipinski definition) is 0. The molecule has 0 saturated heterocycles. The van der Waals surface area contributed by atoms with Crippen molar-refractivity contribution in [1.29, 1.82) is 0 Å². The molecule has 74 valence electrons. The van der Waals surface area contributed by atoms with Crippen molar-refractivity contribution in [2.24, 2.45) is 0 Å². The summed E-state index contributed by atoms with van der Waals surface area (Å²) in [5, 5.41) is 0. The minimum absolute atomic E-state index is 1.23. The molecule has 0 fully saturated rings. The largest absolute Gasteiger partial charge is 0.0683 e. The van der Waals surface area contributed by atoms with Crippen molar-refractivity contribution in [3.63, 3.8) is 0 Å². The van der Waals surface area contributed by atoms with Gasteiger partial charge in [-0.2, -0.15) is 0 Å². The molecule has 0 spiro atoms. The predicted octanol–water partition coefficient (Wildman–Crippen LogP) is 4.36. The first-order valence-electron chi connectivity index (χ1n) is 5.38. The third kappa shape index (κ3) is 5.46. The summed E-state index contributed by atoms with van der Waals surface area (Å²) in [5.74, 6) is 0. The van der Waals surface area contributed by atoms with Gasteiger partial charge in [0.2, 0.25) is 0 Å². The first kappa shape index (κ1) is 12.2. The maximum Gasteiger partial charge on any atom is -0.0279 e. The van der Waals surface area contributed by atoms with Crippen molar-refractivity contribution in [1.82, 2.24) is 0 Å². The van der Waals surface area contributed by atoms with Crippen molar-refractivity contribution in [2.75, 3.05) is 0 Å². The Kier molecular flexibility index (Phi) is 7.38. The van der Waals surface area contributed by atoms with Gasteiger partial charge in [-0.25, -0.2) is 0 Å². The second-order valence-electron chi connectivity index (χ2n) is 3.09. The van der Waals surface area contributed by atoms with Crippen LogP contribution in [0.25, 0.3) is 0 Å². The van der Waals surface area contributed by atoms with E-state index in [1.807, 2.05) is 13.8 Å². The Morgan fingerprint density at radius 3 is 2.38 bits per heavy atom. The van der Waals surface area contributed by atoms with Gasteiger partial charge >= 0.3 is 0 Å². The van der Waals surface area contributed by atoms with Crippen molar-refractivity contribution in [2.45, 2.75) is 47.0 Å². The molecule has 0 heteroatoms. The van der Waals surface area contributed by atoms with E-state index >= 15 is 0 Å². The van der Waals surface area contributed by atoms with E-state index in [0.717, 1.165) is 0 Å². The van der Waals surface area contributed by atoms with Gasteiger partial charge in [0.05, 0.1) is 0 Å². The zero-order valence-corrected chi connectivity index (χ0v) is 9.43. The highest BCUT2D eigenvalue weighted by Crippen LogP contribution is 2.07. The number of hydrogen-bond donors (Lipinski definition) is 0. The number of aryl methyl sites for hydroxylation is 2. The number of benzene rings is 1. The number of unbranched alkanes of at least 4 members (excludes halogenated alkanes) is 1. The van der Waals surface area contributed by atoms with Gasteiger partial charge in [-0.1, -0.05) is 57.0 Å². The van der Waals surface area contributed by atoms with Gasteiger partial charge < -0.3 is 0 Å². The summed E-state index contributed by atoms with van der Waals surface area (Å²) in [6.07, 6.45) is 3.83. The fourth-order valence-electron chi connectivity index (χ4n) is 1.25. The lowest BCUT2D eigenvalue weighted by Crippen LogP contribution is -1.84. The molecule has 0 amide bonds. The Morgan fingerprint density at radius 2 is 1.85 bits per heavy atom. The molecule has 0 radical (unpaired) electrons. The lowest BCUT2D eigenvalue weighted by Gasteiger charge is -1.99. The molecule has 0 aliphatic heterocycles. The Hall–Kier alpha value is -0.780. The smallest absolute Gasteiger partial charge is 0.0279 e. The summed E-state index contributed by atoms with van der Waals surface area (Å²) in [6.45, 7) is 8.38. The average molecular weight is 178 g/mol. The molecule has 0 heterocycles. The Morgan fingerprint density at radius 1 is 1.15 bits per heavy atom. The molecule has 13 heavy (non-hydrogen) atoms. The molecular formula is C13H22. The summed E-state index contributed by atoms with van der Waals surface area (Å²) in [6, 6.07) is 8.77. The molecule has 0 aromatic heterocycles. The molecule has 1 aromatic rings. The van der Waals surface area contributed by atoms with Crippen LogP contribution in [0.1, 0.15) is 44.7 Å². The molecule has 0 saturated carbocycles. The molecule has 0 unspecified atom stereocenters. The molecule has 1 aromatic carbocycles. The molecule has 1 rings (SSSR count). The normalized spacial score (nSPS) is 8.92. The van der Waals surface area contributed by atoms with Gasteiger partial charge in [-0.3, -0.25) is 0 Å². The van der Waals surface area contributed by atoms with Crippen molar-refractivity contribution in [3.05, 3.63) is 35.4 Å². The second kappa shape index (κ2) is 7.85. The van der Waals surface area contributed by atoms with Crippen LogP contribution in [-0.2, 0) is 6.42 Å². The van der Waals surface area contributed by atoms with Gasteiger partial charge in [0.15, 0.2) is 0 Å². The summed E-state index contributed by atoms with van der Waals surface area (Å²) in [4.78, 5) is 0. The van der Waals surface area contributed by atoms with E-state index in [4.69, 9.17) is 0 Å². The topological polar surface area (TPSA) is 0 Å². The zero-order valence-electron chi connectivity index (χ0n) is 9.43. The van der Waals surface area contributed by atoms with Crippen molar-refractivity contribution in [3.8, 4) is 0 Å². The fourth-order valence-corrected chi connectivity index (χ4v) is 1.25. The van der Waals surface area contributed by atoms with E-state index in [1.54, 1.807) is 0 Å². The summed E-state index contributed by atoms with van der Waals surface area (Å²) < 4.78 is 0. The van der Waals surface area contributed by atoms with Crippen LogP contribution in [0.15, 0.2) is 24.3 Å². The highest BCUT2D eigenvalue weighted by molar-refractivity contribution is 5.22. The molecule has 0 bridgehead atoms. The predicted molar refractivity (Wildman–Crippen MR) is 61.1 cm³/mol. The van der Waals surface area contributed by atoms with Crippen molar-refractivity contribution >= 4 is 0 Å². The van der Waals surface area contributed by atoms with Crippen LogP contribution in [-0.4, -0.2) is 0 Å². The highest BCUT2D eigenvalue weighted by atomic mass is 14.0. The van der Waals surface area contributed by atoms with Gasteiger partial charge in [0.1, 0.15) is 0 Å². The summed E-state index contributed by atoms with van der Waals surface area (Å²) >= 11 is 0. The second-order valence-corrected chi connectivity index (χ2v) is 3.09. The quantitative estimate of drug-likeness (QED) is 0.645. The van der Waals surface area contributed by atoms with Crippen LogP contribution in [0.2, 0.25) is 0 Å². The standard InChI is InChI=1S/C11H16.C2H6/c1-3-4-7-11-8-5-6-10(2)9-11;1-2/h5-6,8-9H,3-4,7H2,1-2H3;1-2H3. The number of rotatable bonds is 3. The van der Waals surface area contributed by atoms with Crippen LogP contribution in [0.5, 0.6) is 0 Å². The van der Waals surface area contributed by atoms with Crippen molar-refractivity contribution < 1.29 is 0 Å². The summed E-state index contributed by atoms with van der Waals surface area (Å²) in [5.41, 5.74) is 2.85. The summed E-state index contributed by atoms with van der Waals surface area (Å²) in [7, 11) is 0. The first-order chi connectivity index (χ1) is 6.33. The van der Waals surface area contributed by atoms with E-state index in [-0.39, 0.29) is 0 Å². The SMILES string of the molecule is CC.CCCCc1cccc(C)c1. The molecule has 0 aliphatic carbocycles. The maximum atomic E-state index is 2.27. The molecule has 0 atom stereocenters. The Balaban J connectivity index is 0.000000671. The first-order valence-corrected chi connectivity index (χ1v) is 5.38. The Bertz CT molecular complexity index is 213. The Labute approximate surface area is 83.0 Å². The van der Waals surface area contributed by atoms with Gasteiger partial charge in [-0.15, -0.1) is 0 Å². The van der Waals surface area contributed by atoms with Crippen LogP contribution >= 0.6 is 0 Å². The lowest BCUT2D eigenvalue weighted by molar-refractivity contribution is 0.794. The molecule has 0 aliphatic rings. The van der Waals surface area contributed by atoms with E-state index in [1.165, 1.54) is 30.4 Å². The third-order valence-electron chi connectivity index (χ3n) is 1.90. The monoisotopic (exact) mass is 178 g/mol. The molecule has 0 N–H and O–H groups in total. The third-order valence-corrected chi connectivity index (χ3v) is 1.90. The van der Waals surface area contributed by atoms with Crippen LogP contribution in [0, 0.1) is 6.92 Å². The van der Waals surface area contributed by atoms with Crippen LogP contribution in [0.4, 0.5) is 0 Å². The van der Waals surface area contributed by atoms with Gasteiger partial charge in [-0.05, 0) is 25.3 Å². The average Bonchev–Trinajstić information content (AvgIpc) is 2.18. The minimum atomic E-state index is 1.23. The van der Waals surface area contributed by atoms with E-state index in [9.17, 15) is 0 Å². The fraction of sp³-hybridized carbons (Fsp3) is 0.538. The van der Waals surface area contributed by atoms with Gasteiger partial charge in [0, 0.05) is 0 Å². The highest BCUT2D eigenvalue weighted by Gasteiger charge is 1.90. The van der Waals surface area contributed by atoms with E-state index in [0.29, 0.717) is 0 Å². The van der Waals surface area contributed by atoms with E-state index in [2.05, 4.69) is 38.1 Å². The zero-order chi connectivity index (χ0) is 10.1. The molecule has 0 nitrogen and oxygen atoms in total. The van der Waals surface area contributed by atoms with Gasteiger partial charge in [0.25, 0.3) is 0 Å². The van der Waals surface area contributed by atoms with Crippen LogP contribution in [0.3, 0.4) is 0 Å². The van der Waals surface area contributed by atoms with Crippen LogP contribution < -0.4 is 0 Å². The minimum Gasteiger partial charge on any atom is -0.0683 e. The lowest BCUT2D eigenvalue weighted by atomic mass is 10.1.